The fourth-order valence-corrected chi connectivity index (χ4v) is 3.42. The molecule has 1 fully saturated rings. The zero-order valence-corrected chi connectivity index (χ0v) is 14.5. The van der Waals surface area contributed by atoms with Crippen LogP contribution in [0.5, 0.6) is 17.2 Å². The van der Waals surface area contributed by atoms with Crippen LogP contribution in [0.15, 0.2) is 42.5 Å². The van der Waals surface area contributed by atoms with Crippen LogP contribution in [0, 0.1) is 11.8 Å². The van der Waals surface area contributed by atoms with E-state index in [2.05, 4.69) is 13.8 Å². The number of ether oxygens (including phenoxy) is 3. The Morgan fingerprint density at radius 3 is 1.92 bits per heavy atom. The van der Waals surface area contributed by atoms with Crippen LogP contribution in [0.3, 0.4) is 0 Å². The van der Waals surface area contributed by atoms with E-state index in [4.69, 9.17) is 14.2 Å². The lowest BCUT2D eigenvalue weighted by Gasteiger charge is -2.18. The summed E-state index contributed by atoms with van der Waals surface area (Å²) in [4.78, 5) is 0. The first-order valence-corrected chi connectivity index (χ1v) is 8.21. The number of phenols is 1. The standard InChI is InChI=1S/C20H24O4/c1-12-13(2)20(15-7-10-17(22-3)18(11-15)23-4)24-19(12)14-5-8-16(21)9-6-14/h5-13,19-21H,1-4H3/t12-,13+,19-,20+/m1/s1. The van der Waals surface area contributed by atoms with Crippen molar-refractivity contribution in [3.63, 3.8) is 0 Å². The summed E-state index contributed by atoms with van der Waals surface area (Å²) in [5, 5.41) is 9.49. The van der Waals surface area contributed by atoms with Gasteiger partial charge in [-0.15, -0.1) is 0 Å². The van der Waals surface area contributed by atoms with E-state index in [0.29, 0.717) is 17.6 Å². The van der Waals surface area contributed by atoms with Crippen LogP contribution in [0.1, 0.15) is 37.2 Å². The second kappa shape index (κ2) is 6.73. The summed E-state index contributed by atoms with van der Waals surface area (Å²) in [7, 11) is 3.28. The van der Waals surface area contributed by atoms with Crippen molar-refractivity contribution >= 4 is 0 Å². The molecule has 4 nitrogen and oxygen atoms in total. The molecule has 0 amide bonds. The maximum absolute atomic E-state index is 9.49. The highest BCUT2D eigenvalue weighted by Gasteiger charge is 2.40. The zero-order chi connectivity index (χ0) is 17.3. The molecule has 1 saturated heterocycles. The fraction of sp³-hybridized carbons (Fsp3) is 0.400. The van der Waals surface area contributed by atoms with Gasteiger partial charge in [-0.2, -0.15) is 0 Å². The van der Waals surface area contributed by atoms with E-state index in [9.17, 15) is 5.11 Å². The number of methoxy groups -OCH3 is 2. The molecule has 0 aromatic heterocycles. The average molecular weight is 328 g/mol. The van der Waals surface area contributed by atoms with E-state index in [1.807, 2.05) is 30.3 Å². The largest absolute Gasteiger partial charge is 0.508 e. The first kappa shape index (κ1) is 16.7. The number of rotatable bonds is 4. The molecule has 4 heteroatoms. The van der Waals surface area contributed by atoms with E-state index < -0.39 is 0 Å². The number of benzene rings is 2. The van der Waals surface area contributed by atoms with Crippen molar-refractivity contribution in [3.8, 4) is 17.2 Å². The second-order valence-electron chi connectivity index (χ2n) is 6.40. The Balaban J connectivity index is 1.88. The van der Waals surface area contributed by atoms with Crippen molar-refractivity contribution in [1.82, 2.24) is 0 Å². The maximum atomic E-state index is 9.49. The number of phenolic OH excluding ortho intramolecular Hbond substituents is 1. The van der Waals surface area contributed by atoms with Crippen molar-refractivity contribution in [1.29, 1.82) is 0 Å². The van der Waals surface area contributed by atoms with Crippen molar-refractivity contribution in [2.75, 3.05) is 14.2 Å². The molecule has 0 bridgehead atoms. The summed E-state index contributed by atoms with van der Waals surface area (Å²) in [6, 6.07) is 13.2. The van der Waals surface area contributed by atoms with E-state index >= 15 is 0 Å². The first-order chi connectivity index (χ1) is 11.5. The third-order valence-electron chi connectivity index (χ3n) is 5.04. The highest BCUT2D eigenvalue weighted by molar-refractivity contribution is 5.44. The highest BCUT2D eigenvalue weighted by Crippen LogP contribution is 2.49. The van der Waals surface area contributed by atoms with Gasteiger partial charge in [-0.05, 0) is 47.2 Å². The molecule has 1 aliphatic heterocycles. The first-order valence-electron chi connectivity index (χ1n) is 8.21. The lowest BCUT2D eigenvalue weighted by Crippen LogP contribution is -2.10. The molecular weight excluding hydrogens is 304 g/mol. The minimum atomic E-state index is -0.00129. The molecule has 0 saturated carbocycles. The van der Waals surface area contributed by atoms with Crippen molar-refractivity contribution in [2.24, 2.45) is 11.8 Å². The normalized spacial score (nSPS) is 26.3. The number of hydrogen-bond acceptors (Lipinski definition) is 4. The third kappa shape index (κ3) is 2.94. The molecule has 1 heterocycles. The van der Waals surface area contributed by atoms with Crippen molar-refractivity contribution < 1.29 is 19.3 Å². The quantitative estimate of drug-likeness (QED) is 0.898. The predicted octanol–water partition coefficient (Wildman–Crippen LogP) is 4.49. The van der Waals surface area contributed by atoms with Crippen molar-refractivity contribution in [2.45, 2.75) is 26.1 Å². The minimum absolute atomic E-state index is 0.00129. The Morgan fingerprint density at radius 1 is 0.792 bits per heavy atom. The van der Waals surface area contributed by atoms with Gasteiger partial charge in [0, 0.05) is 0 Å². The third-order valence-corrected chi connectivity index (χ3v) is 5.04. The van der Waals surface area contributed by atoms with Crippen LogP contribution >= 0.6 is 0 Å². The van der Waals surface area contributed by atoms with Gasteiger partial charge in [0.1, 0.15) is 5.75 Å². The molecule has 1 N–H and O–H groups in total. The summed E-state index contributed by atoms with van der Waals surface area (Å²) in [5.41, 5.74) is 2.18. The fourth-order valence-electron chi connectivity index (χ4n) is 3.42. The smallest absolute Gasteiger partial charge is 0.161 e. The lowest BCUT2D eigenvalue weighted by atomic mass is 9.85. The van der Waals surface area contributed by atoms with Gasteiger partial charge in [-0.1, -0.05) is 32.0 Å². The van der Waals surface area contributed by atoms with Crippen LogP contribution in [0.4, 0.5) is 0 Å². The van der Waals surface area contributed by atoms with Gasteiger partial charge in [0.2, 0.25) is 0 Å². The highest BCUT2D eigenvalue weighted by atomic mass is 16.5. The molecule has 24 heavy (non-hydrogen) atoms. The monoisotopic (exact) mass is 328 g/mol. The molecule has 128 valence electrons. The predicted molar refractivity (Wildman–Crippen MR) is 92.5 cm³/mol. The van der Waals surface area contributed by atoms with Gasteiger partial charge in [0.05, 0.1) is 26.4 Å². The molecule has 2 aromatic rings. The molecule has 0 aliphatic carbocycles. The van der Waals surface area contributed by atoms with Gasteiger partial charge in [0.15, 0.2) is 11.5 Å². The van der Waals surface area contributed by atoms with Gasteiger partial charge in [-0.25, -0.2) is 0 Å². The van der Waals surface area contributed by atoms with Crippen LogP contribution in [-0.2, 0) is 4.74 Å². The molecule has 0 radical (unpaired) electrons. The van der Waals surface area contributed by atoms with Crippen molar-refractivity contribution in [3.05, 3.63) is 53.6 Å². The Bertz CT molecular complexity index is 695. The Labute approximate surface area is 143 Å². The molecule has 0 spiro atoms. The van der Waals surface area contributed by atoms with Gasteiger partial charge < -0.3 is 19.3 Å². The van der Waals surface area contributed by atoms with Gasteiger partial charge in [0.25, 0.3) is 0 Å². The topological polar surface area (TPSA) is 47.9 Å². The van der Waals surface area contributed by atoms with E-state index in [-0.39, 0.29) is 18.0 Å². The lowest BCUT2D eigenvalue weighted by molar-refractivity contribution is 0.0289. The summed E-state index contributed by atoms with van der Waals surface area (Å²) >= 11 is 0. The minimum Gasteiger partial charge on any atom is -0.508 e. The van der Waals surface area contributed by atoms with E-state index in [1.165, 1.54) is 0 Å². The van der Waals surface area contributed by atoms with Crippen LogP contribution < -0.4 is 9.47 Å². The molecule has 2 aromatic carbocycles. The average Bonchev–Trinajstić information content (AvgIpc) is 2.90. The molecule has 3 rings (SSSR count). The van der Waals surface area contributed by atoms with Crippen LogP contribution in [0.2, 0.25) is 0 Å². The molecular formula is C20H24O4. The van der Waals surface area contributed by atoms with E-state index in [1.54, 1.807) is 26.4 Å². The summed E-state index contributed by atoms with van der Waals surface area (Å²) in [5.74, 6) is 2.44. The number of hydrogen-bond donors (Lipinski definition) is 1. The Hall–Kier alpha value is -2.20. The SMILES string of the molecule is COc1ccc([C@H]2O[C@@H](c3ccc(O)cc3)[C@H](C)[C@@H]2C)cc1OC. The Kier molecular flexibility index (Phi) is 4.67. The van der Waals surface area contributed by atoms with Gasteiger partial charge in [-0.3, -0.25) is 0 Å². The molecule has 1 aliphatic rings. The van der Waals surface area contributed by atoms with Crippen LogP contribution in [-0.4, -0.2) is 19.3 Å². The summed E-state index contributed by atoms with van der Waals surface area (Å²) in [6.45, 7) is 4.43. The summed E-state index contributed by atoms with van der Waals surface area (Å²) in [6.07, 6.45) is 0.0114. The number of aromatic hydroxyl groups is 1. The summed E-state index contributed by atoms with van der Waals surface area (Å²) < 4.78 is 17.1. The molecule has 4 atom stereocenters. The van der Waals surface area contributed by atoms with Gasteiger partial charge >= 0.3 is 0 Å². The Morgan fingerprint density at radius 2 is 1.33 bits per heavy atom. The second-order valence-corrected chi connectivity index (χ2v) is 6.40. The van der Waals surface area contributed by atoms with Crippen LogP contribution in [0.25, 0.3) is 0 Å². The zero-order valence-electron chi connectivity index (χ0n) is 14.5. The van der Waals surface area contributed by atoms with E-state index in [0.717, 1.165) is 16.9 Å². The maximum Gasteiger partial charge on any atom is 0.161 e. The molecule has 0 unspecified atom stereocenters.